The Morgan fingerprint density at radius 1 is 0.913 bits per heavy atom. The van der Waals surface area contributed by atoms with Crippen molar-refractivity contribution < 1.29 is 9.59 Å². The van der Waals surface area contributed by atoms with Gasteiger partial charge in [-0.3, -0.25) is 9.59 Å². The fourth-order valence-corrected chi connectivity index (χ4v) is 3.49. The van der Waals surface area contributed by atoms with Crippen molar-refractivity contribution in [1.29, 1.82) is 0 Å². The van der Waals surface area contributed by atoms with E-state index in [1.807, 2.05) is 40.6 Å². The number of nitrogens with zero attached hydrogens (tertiary/aromatic N) is 2. The molecular formula is C18H20N2O2S. The first-order chi connectivity index (χ1) is 11.2. The molecule has 3 rings (SSSR count). The maximum absolute atomic E-state index is 12.3. The van der Waals surface area contributed by atoms with Crippen LogP contribution in [-0.2, 0) is 4.79 Å². The highest BCUT2D eigenvalue weighted by Gasteiger charge is 2.21. The van der Waals surface area contributed by atoms with Crippen LogP contribution >= 0.6 is 11.3 Å². The summed E-state index contributed by atoms with van der Waals surface area (Å²) in [6.07, 6.45) is 0.611. The van der Waals surface area contributed by atoms with Crippen molar-refractivity contribution in [2.24, 2.45) is 0 Å². The summed E-state index contributed by atoms with van der Waals surface area (Å²) in [7, 11) is 0. The third-order valence-electron chi connectivity index (χ3n) is 4.12. The standard InChI is InChI=1S/C18H20N2O2S/c21-16(17-7-4-14-23-17)8-9-18(22)20-12-10-19(11-13-20)15-5-2-1-3-6-15/h1-7,14H,8-13H2. The highest BCUT2D eigenvalue weighted by atomic mass is 32.1. The fraction of sp³-hybridized carbons (Fsp3) is 0.333. The van der Waals surface area contributed by atoms with Crippen LogP contribution in [0.1, 0.15) is 22.5 Å². The van der Waals surface area contributed by atoms with Crippen molar-refractivity contribution in [3.05, 3.63) is 52.7 Å². The van der Waals surface area contributed by atoms with Gasteiger partial charge in [0, 0.05) is 44.7 Å². The predicted octanol–water partition coefficient (Wildman–Crippen LogP) is 3.06. The number of piperazine rings is 1. The van der Waals surface area contributed by atoms with E-state index < -0.39 is 0 Å². The number of thiophene rings is 1. The number of hydrogen-bond acceptors (Lipinski definition) is 4. The largest absolute Gasteiger partial charge is 0.368 e. The molecule has 0 N–H and O–H groups in total. The maximum Gasteiger partial charge on any atom is 0.223 e. The molecule has 120 valence electrons. The molecule has 0 atom stereocenters. The zero-order valence-electron chi connectivity index (χ0n) is 13.0. The van der Waals surface area contributed by atoms with E-state index in [0.717, 1.165) is 31.1 Å². The summed E-state index contributed by atoms with van der Waals surface area (Å²) >= 11 is 1.44. The Bertz CT molecular complexity index is 647. The summed E-state index contributed by atoms with van der Waals surface area (Å²) in [5, 5.41) is 1.89. The lowest BCUT2D eigenvalue weighted by molar-refractivity contribution is -0.131. The zero-order chi connectivity index (χ0) is 16.1. The molecule has 1 aliphatic heterocycles. The van der Waals surface area contributed by atoms with Gasteiger partial charge in [-0.1, -0.05) is 24.3 Å². The van der Waals surface area contributed by atoms with Crippen molar-refractivity contribution in [3.63, 3.8) is 0 Å². The number of hydrogen-bond donors (Lipinski definition) is 0. The normalized spacial score (nSPS) is 14.8. The minimum atomic E-state index is 0.0660. The molecular weight excluding hydrogens is 308 g/mol. The van der Waals surface area contributed by atoms with Crippen LogP contribution < -0.4 is 4.90 Å². The van der Waals surface area contributed by atoms with Gasteiger partial charge in [-0.25, -0.2) is 0 Å². The molecule has 1 aromatic heterocycles. The van der Waals surface area contributed by atoms with Gasteiger partial charge in [-0.05, 0) is 23.6 Å². The molecule has 1 saturated heterocycles. The van der Waals surface area contributed by atoms with Crippen molar-refractivity contribution in [1.82, 2.24) is 4.90 Å². The molecule has 1 fully saturated rings. The summed E-state index contributed by atoms with van der Waals surface area (Å²) in [5.41, 5.74) is 1.20. The zero-order valence-corrected chi connectivity index (χ0v) is 13.8. The van der Waals surface area contributed by atoms with Gasteiger partial charge in [0.05, 0.1) is 4.88 Å². The molecule has 0 radical (unpaired) electrons. The lowest BCUT2D eigenvalue weighted by Gasteiger charge is -2.36. The number of anilines is 1. The van der Waals surface area contributed by atoms with Gasteiger partial charge in [0.2, 0.25) is 5.91 Å². The predicted molar refractivity (Wildman–Crippen MR) is 93.1 cm³/mol. The van der Waals surface area contributed by atoms with E-state index in [2.05, 4.69) is 17.0 Å². The number of benzene rings is 1. The van der Waals surface area contributed by atoms with Crippen LogP contribution in [0.3, 0.4) is 0 Å². The molecule has 4 nitrogen and oxygen atoms in total. The Labute approximate surface area is 140 Å². The monoisotopic (exact) mass is 328 g/mol. The second-order valence-corrected chi connectivity index (χ2v) is 6.55. The Hall–Kier alpha value is -2.14. The topological polar surface area (TPSA) is 40.6 Å². The number of para-hydroxylation sites is 1. The van der Waals surface area contributed by atoms with Crippen LogP contribution in [0.5, 0.6) is 0 Å². The van der Waals surface area contributed by atoms with Crippen LogP contribution in [0.25, 0.3) is 0 Å². The molecule has 1 aromatic carbocycles. The molecule has 1 amide bonds. The SMILES string of the molecule is O=C(CCC(=O)N1CCN(c2ccccc2)CC1)c1cccs1. The van der Waals surface area contributed by atoms with E-state index in [9.17, 15) is 9.59 Å². The third kappa shape index (κ3) is 3.99. The number of carbonyl (C=O) groups is 2. The Morgan fingerprint density at radius 2 is 1.65 bits per heavy atom. The number of ketones is 1. The molecule has 5 heteroatoms. The molecule has 0 saturated carbocycles. The number of carbonyl (C=O) groups excluding carboxylic acids is 2. The van der Waals surface area contributed by atoms with E-state index in [1.165, 1.54) is 17.0 Å². The average molecular weight is 328 g/mol. The van der Waals surface area contributed by atoms with E-state index in [1.54, 1.807) is 0 Å². The van der Waals surface area contributed by atoms with Crippen molar-refractivity contribution >= 4 is 28.7 Å². The minimum absolute atomic E-state index is 0.0660. The van der Waals surface area contributed by atoms with Crippen LogP contribution in [-0.4, -0.2) is 42.8 Å². The lowest BCUT2D eigenvalue weighted by atomic mass is 10.1. The van der Waals surface area contributed by atoms with Crippen LogP contribution in [0, 0.1) is 0 Å². The van der Waals surface area contributed by atoms with Gasteiger partial charge in [0.15, 0.2) is 5.78 Å². The van der Waals surface area contributed by atoms with E-state index in [4.69, 9.17) is 0 Å². The highest BCUT2D eigenvalue weighted by Crippen LogP contribution is 2.17. The van der Waals surface area contributed by atoms with Crippen LogP contribution in [0.4, 0.5) is 5.69 Å². The molecule has 0 bridgehead atoms. The summed E-state index contributed by atoms with van der Waals surface area (Å²) in [6, 6.07) is 13.9. The quantitative estimate of drug-likeness (QED) is 0.792. The first-order valence-corrected chi connectivity index (χ1v) is 8.76. The summed E-state index contributed by atoms with van der Waals surface area (Å²) in [4.78, 5) is 29.1. The molecule has 1 aliphatic rings. The Morgan fingerprint density at radius 3 is 2.30 bits per heavy atom. The van der Waals surface area contributed by atoms with Gasteiger partial charge < -0.3 is 9.80 Å². The van der Waals surface area contributed by atoms with Crippen molar-refractivity contribution in [3.8, 4) is 0 Å². The van der Waals surface area contributed by atoms with E-state index in [-0.39, 0.29) is 11.7 Å². The number of Topliss-reactive ketones (excluding diaryl/α,β-unsaturated/α-hetero) is 1. The van der Waals surface area contributed by atoms with E-state index >= 15 is 0 Å². The molecule has 0 aliphatic carbocycles. The lowest BCUT2D eigenvalue weighted by Crippen LogP contribution is -2.48. The number of rotatable bonds is 5. The Balaban J connectivity index is 1.46. The highest BCUT2D eigenvalue weighted by molar-refractivity contribution is 7.12. The summed E-state index contributed by atoms with van der Waals surface area (Å²) in [6.45, 7) is 3.13. The first-order valence-electron chi connectivity index (χ1n) is 7.88. The third-order valence-corrected chi connectivity index (χ3v) is 5.03. The van der Waals surface area contributed by atoms with Crippen LogP contribution in [0.2, 0.25) is 0 Å². The van der Waals surface area contributed by atoms with Gasteiger partial charge in [0.1, 0.15) is 0 Å². The average Bonchev–Trinajstić information content (AvgIpc) is 3.15. The van der Waals surface area contributed by atoms with Gasteiger partial charge in [0.25, 0.3) is 0 Å². The van der Waals surface area contributed by atoms with Gasteiger partial charge in [-0.2, -0.15) is 0 Å². The van der Waals surface area contributed by atoms with E-state index in [0.29, 0.717) is 12.8 Å². The van der Waals surface area contributed by atoms with Gasteiger partial charge >= 0.3 is 0 Å². The molecule has 23 heavy (non-hydrogen) atoms. The second-order valence-electron chi connectivity index (χ2n) is 5.60. The maximum atomic E-state index is 12.3. The van der Waals surface area contributed by atoms with Gasteiger partial charge in [-0.15, -0.1) is 11.3 Å². The van der Waals surface area contributed by atoms with Crippen molar-refractivity contribution in [2.75, 3.05) is 31.1 Å². The summed E-state index contributed by atoms with van der Waals surface area (Å²) in [5.74, 6) is 0.152. The van der Waals surface area contributed by atoms with Crippen LogP contribution in [0.15, 0.2) is 47.8 Å². The molecule has 0 unspecified atom stereocenters. The first kappa shape index (κ1) is 15.7. The number of amides is 1. The van der Waals surface area contributed by atoms with Crippen molar-refractivity contribution in [2.45, 2.75) is 12.8 Å². The summed E-state index contributed by atoms with van der Waals surface area (Å²) < 4.78 is 0. The Kier molecular flexibility index (Phi) is 5.08. The minimum Gasteiger partial charge on any atom is -0.368 e. The molecule has 2 heterocycles. The fourth-order valence-electron chi connectivity index (χ4n) is 2.79. The molecule has 0 spiro atoms. The second kappa shape index (κ2) is 7.42. The molecule has 2 aromatic rings. The smallest absolute Gasteiger partial charge is 0.223 e.